The lowest BCUT2D eigenvalue weighted by molar-refractivity contribution is 0.616. The summed E-state index contributed by atoms with van der Waals surface area (Å²) in [4.78, 5) is 6.92. The molecule has 0 aliphatic carbocycles. The molecule has 0 N–H and O–H groups in total. The fourth-order valence-electron chi connectivity index (χ4n) is 2.54. The number of hydrogen-bond acceptors (Lipinski definition) is 2. The Hall–Kier alpha value is -1.05. The van der Waals surface area contributed by atoms with Gasteiger partial charge in [0.05, 0.1) is 0 Å². The van der Waals surface area contributed by atoms with Crippen molar-refractivity contribution >= 4 is 5.69 Å². The van der Waals surface area contributed by atoms with Gasteiger partial charge in [0, 0.05) is 30.7 Å². The van der Waals surface area contributed by atoms with Gasteiger partial charge < -0.3 is 4.90 Å². The van der Waals surface area contributed by atoms with E-state index in [4.69, 9.17) is 0 Å². The summed E-state index contributed by atoms with van der Waals surface area (Å²) in [7, 11) is 0. The maximum atomic E-state index is 4.39. The summed E-state index contributed by atoms with van der Waals surface area (Å²) in [6.07, 6.45) is 6.54. The normalized spacial score (nSPS) is 15.8. The number of nitrogens with zero attached hydrogens (tertiary/aromatic N) is 2. The molecule has 0 spiro atoms. The number of aromatic nitrogens is 1. The van der Waals surface area contributed by atoms with E-state index >= 15 is 0 Å². The van der Waals surface area contributed by atoms with E-state index in [1.807, 2.05) is 6.20 Å². The van der Waals surface area contributed by atoms with Crippen LogP contribution in [0.5, 0.6) is 0 Å². The van der Waals surface area contributed by atoms with Gasteiger partial charge in [-0.25, -0.2) is 0 Å². The fraction of sp³-hybridized carbons (Fsp3) is 0.643. The molecule has 0 aromatic carbocycles. The maximum absolute atomic E-state index is 4.39. The molecular weight excluding hydrogens is 196 g/mol. The summed E-state index contributed by atoms with van der Waals surface area (Å²) in [6.45, 7) is 10.3. The van der Waals surface area contributed by atoms with Crippen molar-refractivity contribution < 1.29 is 0 Å². The summed E-state index contributed by atoms with van der Waals surface area (Å²) in [5.74, 6) is 0.557. The lowest BCUT2D eigenvalue weighted by atomic mass is 9.94. The molecular formula is C14H22N2. The van der Waals surface area contributed by atoms with Crippen LogP contribution >= 0.6 is 0 Å². The smallest absolute Gasteiger partial charge is 0.0467 e. The summed E-state index contributed by atoms with van der Waals surface area (Å²) < 4.78 is 0. The molecule has 0 saturated carbocycles. The first-order valence-corrected chi connectivity index (χ1v) is 6.34. The molecule has 0 atom stereocenters. The van der Waals surface area contributed by atoms with Crippen molar-refractivity contribution in [1.29, 1.82) is 0 Å². The number of anilines is 1. The van der Waals surface area contributed by atoms with Crippen molar-refractivity contribution in [2.45, 2.75) is 52.5 Å². The van der Waals surface area contributed by atoms with Crippen LogP contribution in [-0.4, -0.2) is 17.6 Å². The van der Waals surface area contributed by atoms with E-state index in [1.54, 1.807) is 0 Å². The van der Waals surface area contributed by atoms with Gasteiger partial charge in [0.15, 0.2) is 0 Å². The molecule has 2 nitrogen and oxygen atoms in total. The minimum Gasteiger partial charge on any atom is -0.369 e. The van der Waals surface area contributed by atoms with Gasteiger partial charge in [-0.1, -0.05) is 13.8 Å². The van der Waals surface area contributed by atoms with Crippen molar-refractivity contribution in [3.8, 4) is 0 Å². The van der Waals surface area contributed by atoms with Gasteiger partial charge in [0.1, 0.15) is 0 Å². The van der Waals surface area contributed by atoms with Gasteiger partial charge in [-0.05, 0) is 43.7 Å². The monoisotopic (exact) mass is 218 g/mol. The van der Waals surface area contributed by atoms with Crippen molar-refractivity contribution in [3.63, 3.8) is 0 Å². The van der Waals surface area contributed by atoms with Crippen LogP contribution in [0.3, 0.4) is 0 Å². The molecule has 16 heavy (non-hydrogen) atoms. The summed E-state index contributed by atoms with van der Waals surface area (Å²) in [5.41, 5.74) is 4.31. The molecule has 1 aliphatic heterocycles. The Bertz CT molecular complexity index is 369. The zero-order valence-electron chi connectivity index (χ0n) is 10.8. The molecule has 1 aliphatic rings. The highest BCUT2D eigenvalue weighted by molar-refractivity contribution is 5.61. The minimum atomic E-state index is 0.557. The summed E-state index contributed by atoms with van der Waals surface area (Å²) >= 11 is 0. The SMILES string of the molecule is CC(C)c1cncc2c1N(C(C)C)CCC2. The molecule has 0 saturated heterocycles. The first-order valence-electron chi connectivity index (χ1n) is 6.34. The Morgan fingerprint density at radius 2 is 1.94 bits per heavy atom. The van der Waals surface area contributed by atoms with Gasteiger partial charge in [-0.15, -0.1) is 0 Å². The Morgan fingerprint density at radius 1 is 1.19 bits per heavy atom. The predicted octanol–water partition coefficient (Wildman–Crippen LogP) is 3.37. The summed E-state index contributed by atoms with van der Waals surface area (Å²) in [5, 5.41) is 0. The first-order chi connectivity index (χ1) is 7.61. The number of fused-ring (bicyclic) bond motifs is 1. The average Bonchev–Trinajstić information content (AvgIpc) is 2.27. The first kappa shape index (κ1) is 11.4. The van der Waals surface area contributed by atoms with E-state index in [1.165, 1.54) is 36.2 Å². The highest BCUT2D eigenvalue weighted by atomic mass is 15.2. The number of aryl methyl sites for hydroxylation is 1. The molecule has 2 rings (SSSR count). The highest BCUT2D eigenvalue weighted by Gasteiger charge is 2.23. The van der Waals surface area contributed by atoms with Crippen LogP contribution in [0.1, 0.15) is 51.2 Å². The maximum Gasteiger partial charge on any atom is 0.0467 e. The molecule has 0 bridgehead atoms. The molecule has 1 aromatic heterocycles. The van der Waals surface area contributed by atoms with E-state index in [9.17, 15) is 0 Å². The zero-order valence-corrected chi connectivity index (χ0v) is 10.8. The van der Waals surface area contributed by atoms with Crippen LogP contribution in [0, 0.1) is 0 Å². The van der Waals surface area contributed by atoms with Gasteiger partial charge in [-0.3, -0.25) is 4.98 Å². The summed E-state index contributed by atoms with van der Waals surface area (Å²) in [6, 6.07) is 0.582. The lowest BCUT2D eigenvalue weighted by Gasteiger charge is -2.36. The van der Waals surface area contributed by atoms with Crippen LogP contribution in [0.4, 0.5) is 5.69 Å². The van der Waals surface area contributed by atoms with Crippen molar-refractivity contribution in [2.24, 2.45) is 0 Å². The third-order valence-corrected chi connectivity index (χ3v) is 3.40. The van der Waals surface area contributed by atoms with Crippen LogP contribution in [-0.2, 0) is 6.42 Å². The van der Waals surface area contributed by atoms with Crippen LogP contribution < -0.4 is 4.90 Å². The lowest BCUT2D eigenvalue weighted by Crippen LogP contribution is -2.36. The Kier molecular flexibility index (Phi) is 3.17. The molecule has 0 radical (unpaired) electrons. The Morgan fingerprint density at radius 3 is 2.56 bits per heavy atom. The molecule has 2 heteroatoms. The van der Waals surface area contributed by atoms with Crippen molar-refractivity contribution in [2.75, 3.05) is 11.4 Å². The van der Waals surface area contributed by atoms with E-state index in [2.05, 4.69) is 43.8 Å². The van der Waals surface area contributed by atoms with E-state index in [0.29, 0.717) is 12.0 Å². The topological polar surface area (TPSA) is 16.1 Å². The second-order valence-electron chi connectivity index (χ2n) is 5.28. The van der Waals surface area contributed by atoms with Gasteiger partial charge in [0.2, 0.25) is 0 Å². The predicted molar refractivity (Wildman–Crippen MR) is 69.1 cm³/mol. The second kappa shape index (κ2) is 4.44. The molecule has 88 valence electrons. The number of rotatable bonds is 2. The Balaban J connectivity index is 2.51. The fourth-order valence-corrected chi connectivity index (χ4v) is 2.54. The third-order valence-electron chi connectivity index (χ3n) is 3.40. The number of pyridine rings is 1. The van der Waals surface area contributed by atoms with E-state index in [0.717, 1.165) is 0 Å². The zero-order chi connectivity index (χ0) is 11.7. The van der Waals surface area contributed by atoms with Gasteiger partial charge in [-0.2, -0.15) is 0 Å². The van der Waals surface area contributed by atoms with Crippen molar-refractivity contribution in [1.82, 2.24) is 4.98 Å². The second-order valence-corrected chi connectivity index (χ2v) is 5.28. The molecule has 1 aromatic rings. The van der Waals surface area contributed by atoms with Crippen molar-refractivity contribution in [3.05, 3.63) is 23.5 Å². The molecule has 0 unspecified atom stereocenters. The largest absolute Gasteiger partial charge is 0.369 e. The highest BCUT2D eigenvalue weighted by Crippen LogP contribution is 2.35. The van der Waals surface area contributed by atoms with Crippen LogP contribution in [0.15, 0.2) is 12.4 Å². The van der Waals surface area contributed by atoms with E-state index < -0.39 is 0 Å². The molecule has 2 heterocycles. The van der Waals surface area contributed by atoms with Crippen LogP contribution in [0.25, 0.3) is 0 Å². The number of hydrogen-bond donors (Lipinski definition) is 0. The average molecular weight is 218 g/mol. The van der Waals surface area contributed by atoms with E-state index in [-0.39, 0.29) is 0 Å². The minimum absolute atomic E-state index is 0.557. The standard InChI is InChI=1S/C14H22N2/c1-10(2)13-9-15-8-12-6-5-7-16(11(3)4)14(12)13/h8-11H,5-7H2,1-4H3. The van der Waals surface area contributed by atoms with Gasteiger partial charge in [0.25, 0.3) is 0 Å². The molecule has 0 fully saturated rings. The van der Waals surface area contributed by atoms with Crippen LogP contribution in [0.2, 0.25) is 0 Å². The quantitative estimate of drug-likeness (QED) is 0.756. The Labute approximate surface area is 98.7 Å². The van der Waals surface area contributed by atoms with Gasteiger partial charge >= 0.3 is 0 Å². The third kappa shape index (κ3) is 1.93. The molecule has 0 amide bonds.